The van der Waals surface area contributed by atoms with Crippen LogP contribution in [0.4, 0.5) is 4.79 Å². The minimum absolute atomic E-state index is 0.0110. The Labute approximate surface area is 190 Å². The minimum Gasteiger partial charge on any atom is -0.467 e. The van der Waals surface area contributed by atoms with Crippen LogP contribution >= 0.6 is 0 Å². The lowest BCUT2D eigenvalue weighted by atomic mass is 9.46. The standard InChI is InChI=1S/C24H38N2O6/c1-15(2)26-22(30)32-20-9-10-23(3)17(12-21(29)25-13-16-6-5-11-31-16)18(28)7-8-19(23)24(20,4)14-27/h5-6,11,15,17-20,27-28H,7-10,12-14H2,1-4H3,(H,25,29)(H,26,30)/t17-,18-,19-,20+,23-,24+/m1/s1. The third-order valence-corrected chi connectivity index (χ3v) is 7.78. The first-order valence-electron chi connectivity index (χ1n) is 11.6. The van der Waals surface area contributed by atoms with Gasteiger partial charge >= 0.3 is 6.09 Å². The number of amides is 2. The Hall–Kier alpha value is -2.06. The van der Waals surface area contributed by atoms with Gasteiger partial charge < -0.3 is 30.0 Å². The second-order valence-corrected chi connectivity index (χ2v) is 10.3. The van der Waals surface area contributed by atoms with Crippen molar-refractivity contribution >= 4 is 12.0 Å². The van der Waals surface area contributed by atoms with E-state index in [0.717, 1.165) is 0 Å². The van der Waals surface area contributed by atoms with Crippen molar-refractivity contribution in [2.75, 3.05) is 6.61 Å². The molecule has 2 aliphatic rings. The van der Waals surface area contributed by atoms with E-state index in [-0.39, 0.29) is 42.2 Å². The van der Waals surface area contributed by atoms with E-state index in [1.165, 1.54) is 0 Å². The Morgan fingerprint density at radius 3 is 2.66 bits per heavy atom. The normalized spacial score (nSPS) is 34.6. The quantitative estimate of drug-likeness (QED) is 0.507. The van der Waals surface area contributed by atoms with Crippen LogP contribution in [-0.2, 0) is 16.1 Å². The van der Waals surface area contributed by atoms with Crippen molar-refractivity contribution < 1.29 is 29.0 Å². The predicted octanol–water partition coefficient (Wildman–Crippen LogP) is 2.97. The lowest BCUT2D eigenvalue weighted by Gasteiger charge is -2.60. The highest BCUT2D eigenvalue weighted by Gasteiger charge is 2.60. The summed E-state index contributed by atoms with van der Waals surface area (Å²) < 4.78 is 11.0. The molecule has 2 fully saturated rings. The Kier molecular flexibility index (Phi) is 7.55. The highest BCUT2D eigenvalue weighted by molar-refractivity contribution is 5.76. The van der Waals surface area contributed by atoms with Gasteiger partial charge in [0.1, 0.15) is 11.9 Å². The molecular weight excluding hydrogens is 412 g/mol. The summed E-state index contributed by atoms with van der Waals surface area (Å²) in [4.78, 5) is 25.0. The number of rotatable bonds is 7. The second kappa shape index (κ2) is 9.83. The molecule has 0 radical (unpaired) electrons. The van der Waals surface area contributed by atoms with Crippen LogP contribution in [0.1, 0.15) is 65.6 Å². The second-order valence-electron chi connectivity index (χ2n) is 10.3. The van der Waals surface area contributed by atoms with Crippen molar-refractivity contribution in [3.05, 3.63) is 24.2 Å². The van der Waals surface area contributed by atoms with Crippen LogP contribution in [0.2, 0.25) is 0 Å². The molecule has 8 nitrogen and oxygen atoms in total. The molecule has 2 amide bonds. The Bertz CT molecular complexity index is 781. The van der Waals surface area contributed by atoms with Crippen molar-refractivity contribution in [1.29, 1.82) is 0 Å². The van der Waals surface area contributed by atoms with Gasteiger partial charge in [-0.15, -0.1) is 0 Å². The lowest BCUT2D eigenvalue weighted by Crippen LogP contribution is -2.61. The van der Waals surface area contributed by atoms with Gasteiger partial charge in [0.25, 0.3) is 0 Å². The number of aliphatic hydroxyl groups is 2. The van der Waals surface area contributed by atoms with Gasteiger partial charge in [0.05, 0.1) is 25.5 Å². The Balaban J connectivity index is 1.74. The summed E-state index contributed by atoms with van der Waals surface area (Å²) in [5, 5.41) is 26.9. The third-order valence-electron chi connectivity index (χ3n) is 7.78. The molecule has 2 saturated carbocycles. The van der Waals surface area contributed by atoms with Crippen LogP contribution in [0, 0.1) is 22.7 Å². The molecule has 32 heavy (non-hydrogen) atoms. The molecule has 8 heteroatoms. The third kappa shape index (κ3) is 4.96. The monoisotopic (exact) mass is 450 g/mol. The molecule has 0 spiro atoms. The Morgan fingerprint density at radius 1 is 1.28 bits per heavy atom. The summed E-state index contributed by atoms with van der Waals surface area (Å²) in [5.74, 6) is 0.315. The van der Waals surface area contributed by atoms with Gasteiger partial charge in [-0.25, -0.2) is 4.79 Å². The van der Waals surface area contributed by atoms with Crippen LogP contribution in [0.3, 0.4) is 0 Å². The fourth-order valence-corrected chi connectivity index (χ4v) is 6.05. The van der Waals surface area contributed by atoms with Gasteiger partial charge in [-0.1, -0.05) is 13.8 Å². The molecule has 0 saturated heterocycles. The van der Waals surface area contributed by atoms with Crippen molar-refractivity contribution in [1.82, 2.24) is 10.6 Å². The number of fused-ring (bicyclic) bond motifs is 1. The maximum absolute atomic E-state index is 12.7. The SMILES string of the molecule is CC(C)NC(=O)O[C@H]1CC[C@@]2(C)[C@@H](CC[C@@H](O)[C@H]2CC(=O)NCc2ccco2)[C@]1(C)CO. The van der Waals surface area contributed by atoms with Gasteiger partial charge in [0.15, 0.2) is 0 Å². The molecule has 1 aromatic rings. The summed E-state index contributed by atoms with van der Waals surface area (Å²) in [6.45, 7) is 8.00. The van der Waals surface area contributed by atoms with Crippen molar-refractivity contribution in [3.8, 4) is 0 Å². The minimum atomic E-state index is -0.648. The fraction of sp³-hybridized carbons (Fsp3) is 0.750. The van der Waals surface area contributed by atoms with Crippen LogP contribution in [0.25, 0.3) is 0 Å². The van der Waals surface area contributed by atoms with Gasteiger partial charge in [-0.3, -0.25) is 4.79 Å². The van der Waals surface area contributed by atoms with E-state index in [2.05, 4.69) is 17.6 Å². The van der Waals surface area contributed by atoms with Crippen LogP contribution < -0.4 is 10.6 Å². The van der Waals surface area contributed by atoms with Gasteiger partial charge in [0.2, 0.25) is 5.91 Å². The first-order chi connectivity index (χ1) is 15.1. The smallest absolute Gasteiger partial charge is 0.407 e. The summed E-state index contributed by atoms with van der Waals surface area (Å²) in [5.41, 5.74) is -1.00. The summed E-state index contributed by atoms with van der Waals surface area (Å²) in [7, 11) is 0. The maximum atomic E-state index is 12.7. The first-order valence-corrected chi connectivity index (χ1v) is 11.6. The molecule has 2 aliphatic carbocycles. The number of ether oxygens (including phenoxy) is 1. The number of carbonyl (C=O) groups is 2. The summed E-state index contributed by atoms with van der Waals surface area (Å²) in [6.07, 6.45) is 2.83. The average molecular weight is 451 g/mol. The zero-order valence-electron chi connectivity index (χ0n) is 19.6. The van der Waals surface area contributed by atoms with E-state index in [4.69, 9.17) is 9.15 Å². The summed E-state index contributed by atoms with van der Waals surface area (Å²) in [6, 6.07) is 3.54. The number of carbonyl (C=O) groups excluding carboxylic acids is 2. The maximum Gasteiger partial charge on any atom is 0.407 e. The number of nitrogens with one attached hydrogen (secondary N) is 2. The molecule has 0 unspecified atom stereocenters. The van der Waals surface area contributed by atoms with Crippen LogP contribution in [0.5, 0.6) is 0 Å². The lowest BCUT2D eigenvalue weighted by molar-refractivity contribution is -0.186. The van der Waals surface area contributed by atoms with Gasteiger partial charge in [0, 0.05) is 17.9 Å². The zero-order valence-corrected chi connectivity index (χ0v) is 19.6. The fourth-order valence-electron chi connectivity index (χ4n) is 6.05. The molecule has 180 valence electrons. The Morgan fingerprint density at radius 2 is 2.03 bits per heavy atom. The van der Waals surface area contributed by atoms with E-state index in [1.54, 1.807) is 18.4 Å². The number of hydrogen-bond donors (Lipinski definition) is 4. The number of aliphatic hydroxyl groups excluding tert-OH is 2. The molecule has 1 aromatic heterocycles. The first kappa shape index (κ1) is 24.6. The average Bonchev–Trinajstić information content (AvgIpc) is 3.24. The van der Waals surface area contributed by atoms with Crippen molar-refractivity contribution in [3.63, 3.8) is 0 Å². The van der Waals surface area contributed by atoms with E-state index in [1.807, 2.05) is 20.8 Å². The van der Waals surface area contributed by atoms with Gasteiger partial charge in [-0.2, -0.15) is 0 Å². The zero-order chi connectivity index (χ0) is 23.5. The number of alkyl carbamates (subject to hydrolysis) is 1. The van der Waals surface area contributed by atoms with Crippen LogP contribution in [-0.4, -0.2) is 47.1 Å². The molecule has 1 heterocycles. The predicted molar refractivity (Wildman–Crippen MR) is 118 cm³/mol. The van der Waals surface area contributed by atoms with E-state index >= 15 is 0 Å². The van der Waals surface area contributed by atoms with Crippen molar-refractivity contribution in [2.45, 2.75) is 84.6 Å². The molecule has 0 bridgehead atoms. The molecule has 0 aromatic carbocycles. The topological polar surface area (TPSA) is 121 Å². The van der Waals surface area contributed by atoms with Gasteiger partial charge in [-0.05, 0) is 68.9 Å². The molecule has 4 N–H and O–H groups in total. The van der Waals surface area contributed by atoms with E-state index in [0.29, 0.717) is 38.0 Å². The number of hydrogen-bond acceptors (Lipinski definition) is 6. The van der Waals surface area contributed by atoms with E-state index < -0.39 is 23.7 Å². The highest BCUT2D eigenvalue weighted by Crippen LogP contribution is 2.61. The molecule has 6 atom stereocenters. The van der Waals surface area contributed by atoms with Crippen molar-refractivity contribution in [2.24, 2.45) is 22.7 Å². The van der Waals surface area contributed by atoms with Crippen LogP contribution in [0.15, 0.2) is 22.8 Å². The largest absolute Gasteiger partial charge is 0.467 e. The summed E-state index contributed by atoms with van der Waals surface area (Å²) >= 11 is 0. The molecule has 0 aliphatic heterocycles. The van der Waals surface area contributed by atoms with E-state index in [9.17, 15) is 19.8 Å². The molecular formula is C24H38N2O6. The number of furan rings is 1. The molecule has 3 rings (SSSR count). The highest BCUT2D eigenvalue weighted by atomic mass is 16.6.